The van der Waals surface area contributed by atoms with Gasteiger partial charge < -0.3 is 19.9 Å². The molecule has 0 spiro atoms. The monoisotopic (exact) mass is 653 g/mol. The largest absolute Gasteiger partial charge is 0.481 e. The molecule has 48 heavy (non-hydrogen) atoms. The summed E-state index contributed by atoms with van der Waals surface area (Å²) in [6, 6.07) is 22.1. The SMILES string of the molecule is CC(C)(C)c1ccc(CC[C@@H](CCCC2CCCCC2)OC(=O)CCC(=O)O)cc1NC(=O)CC1c2ccccc2Oc2ccccc21. The Morgan fingerprint density at radius 2 is 1.56 bits per heavy atom. The van der Waals surface area contributed by atoms with Crippen LogP contribution >= 0.6 is 0 Å². The molecule has 1 aliphatic carbocycles. The number of hydrogen-bond acceptors (Lipinski definition) is 5. The molecule has 1 amide bonds. The van der Waals surface area contributed by atoms with Gasteiger partial charge in [0.05, 0.1) is 12.8 Å². The van der Waals surface area contributed by atoms with Gasteiger partial charge in [-0.05, 0) is 66.3 Å². The minimum Gasteiger partial charge on any atom is -0.481 e. The third kappa shape index (κ3) is 9.71. The second-order valence-corrected chi connectivity index (χ2v) is 14.6. The predicted octanol–water partition coefficient (Wildman–Crippen LogP) is 9.71. The average Bonchev–Trinajstić information content (AvgIpc) is 3.06. The molecule has 2 aliphatic rings. The number of para-hydroxylation sites is 2. The van der Waals surface area contributed by atoms with E-state index in [9.17, 15) is 14.4 Å². The van der Waals surface area contributed by atoms with Crippen molar-refractivity contribution < 1.29 is 29.0 Å². The number of ether oxygens (including phenoxy) is 2. The Morgan fingerprint density at radius 1 is 0.896 bits per heavy atom. The normalized spacial score (nSPS) is 15.5. The molecule has 256 valence electrons. The van der Waals surface area contributed by atoms with E-state index in [1.54, 1.807) is 0 Å². The number of carboxylic acid groups (broad SMARTS) is 1. The van der Waals surface area contributed by atoms with Crippen LogP contribution < -0.4 is 10.1 Å². The van der Waals surface area contributed by atoms with Crippen molar-refractivity contribution in [3.05, 3.63) is 89.0 Å². The van der Waals surface area contributed by atoms with E-state index < -0.39 is 11.9 Å². The zero-order valence-electron chi connectivity index (χ0n) is 28.8. The first kappa shape index (κ1) is 35.2. The van der Waals surface area contributed by atoms with Crippen molar-refractivity contribution in [2.24, 2.45) is 5.92 Å². The van der Waals surface area contributed by atoms with E-state index in [1.165, 1.54) is 32.1 Å². The lowest BCUT2D eigenvalue weighted by Crippen LogP contribution is -2.22. The highest BCUT2D eigenvalue weighted by atomic mass is 16.5. The quantitative estimate of drug-likeness (QED) is 0.168. The molecule has 5 rings (SSSR count). The van der Waals surface area contributed by atoms with Gasteiger partial charge in [-0.1, -0.05) is 108 Å². The van der Waals surface area contributed by atoms with E-state index in [4.69, 9.17) is 14.6 Å². The maximum absolute atomic E-state index is 13.8. The van der Waals surface area contributed by atoms with E-state index in [0.717, 1.165) is 64.6 Å². The van der Waals surface area contributed by atoms with Crippen LogP contribution in [0.25, 0.3) is 0 Å². The summed E-state index contributed by atoms with van der Waals surface area (Å²) in [5.74, 6) is 0.666. The van der Waals surface area contributed by atoms with Crippen LogP contribution in [-0.4, -0.2) is 29.1 Å². The van der Waals surface area contributed by atoms with Crippen LogP contribution in [0.3, 0.4) is 0 Å². The van der Waals surface area contributed by atoms with Crippen LogP contribution in [0.15, 0.2) is 66.7 Å². The van der Waals surface area contributed by atoms with Gasteiger partial charge >= 0.3 is 11.9 Å². The highest BCUT2D eigenvalue weighted by Gasteiger charge is 2.29. The first-order chi connectivity index (χ1) is 23.1. The van der Waals surface area contributed by atoms with Gasteiger partial charge in [0, 0.05) is 29.2 Å². The molecule has 0 saturated heterocycles. The van der Waals surface area contributed by atoms with Crippen LogP contribution in [0.2, 0.25) is 0 Å². The molecule has 7 heteroatoms. The lowest BCUT2D eigenvalue weighted by Gasteiger charge is -2.28. The van der Waals surface area contributed by atoms with Gasteiger partial charge in [0.2, 0.25) is 5.91 Å². The summed E-state index contributed by atoms with van der Waals surface area (Å²) in [5.41, 5.74) is 4.72. The molecule has 7 nitrogen and oxygen atoms in total. The Labute approximate surface area is 285 Å². The summed E-state index contributed by atoms with van der Waals surface area (Å²) >= 11 is 0. The highest BCUT2D eigenvalue weighted by Crippen LogP contribution is 2.45. The lowest BCUT2D eigenvalue weighted by molar-refractivity contribution is -0.152. The molecule has 0 aromatic heterocycles. The molecule has 1 aliphatic heterocycles. The number of nitrogens with one attached hydrogen (secondary N) is 1. The zero-order valence-corrected chi connectivity index (χ0v) is 28.8. The molecule has 1 atom stereocenters. The third-order valence-corrected chi connectivity index (χ3v) is 9.82. The van der Waals surface area contributed by atoms with Crippen LogP contribution in [-0.2, 0) is 31.0 Å². The van der Waals surface area contributed by atoms with Gasteiger partial charge in [-0.2, -0.15) is 0 Å². The van der Waals surface area contributed by atoms with Crippen molar-refractivity contribution in [1.82, 2.24) is 0 Å². The summed E-state index contributed by atoms with van der Waals surface area (Å²) in [4.78, 5) is 37.4. The molecule has 1 heterocycles. The molecule has 1 fully saturated rings. The van der Waals surface area contributed by atoms with E-state index in [0.29, 0.717) is 12.8 Å². The summed E-state index contributed by atoms with van der Waals surface area (Å²) in [6.07, 6.45) is 10.4. The van der Waals surface area contributed by atoms with Crippen molar-refractivity contribution >= 4 is 23.5 Å². The average molecular weight is 654 g/mol. The number of carbonyl (C=O) groups is 3. The van der Waals surface area contributed by atoms with Crippen LogP contribution in [0, 0.1) is 5.92 Å². The number of carboxylic acids is 1. The summed E-state index contributed by atoms with van der Waals surface area (Å²) in [5, 5.41) is 12.3. The number of amides is 1. The lowest BCUT2D eigenvalue weighted by atomic mass is 9.84. The van der Waals surface area contributed by atoms with Gasteiger partial charge in [-0.3, -0.25) is 14.4 Å². The molecular formula is C41H51NO6. The van der Waals surface area contributed by atoms with Crippen LogP contribution in [0.5, 0.6) is 11.5 Å². The third-order valence-electron chi connectivity index (χ3n) is 9.82. The fourth-order valence-corrected chi connectivity index (χ4v) is 7.27. The van der Waals surface area contributed by atoms with Gasteiger partial charge in [-0.15, -0.1) is 0 Å². The van der Waals surface area contributed by atoms with Crippen molar-refractivity contribution in [1.29, 1.82) is 0 Å². The smallest absolute Gasteiger partial charge is 0.306 e. The molecule has 1 saturated carbocycles. The molecule has 3 aromatic rings. The number of hydrogen-bond donors (Lipinski definition) is 2. The minimum absolute atomic E-state index is 0.0675. The molecule has 0 radical (unpaired) electrons. The molecule has 0 bridgehead atoms. The first-order valence-electron chi connectivity index (χ1n) is 17.8. The van der Waals surface area contributed by atoms with E-state index >= 15 is 0 Å². The van der Waals surface area contributed by atoms with Crippen molar-refractivity contribution in [2.75, 3.05) is 5.32 Å². The summed E-state index contributed by atoms with van der Waals surface area (Å²) < 4.78 is 12.0. The maximum Gasteiger partial charge on any atom is 0.306 e. The fourth-order valence-electron chi connectivity index (χ4n) is 7.27. The molecular weight excluding hydrogens is 602 g/mol. The number of esters is 1. The molecule has 2 N–H and O–H groups in total. The van der Waals surface area contributed by atoms with E-state index in [1.807, 2.05) is 48.5 Å². The van der Waals surface area contributed by atoms with Crippen molar-refractivity contribution in [2.45, 2.75) is 122 Å². The number of fused-ring (bicyclic) bond motifs is 2. The van der Waals surface area contributed by atoms with Gasteiger partial charge in [0.25, 0.3) is 0 Å². The first-order valence-corrected chi connectivity index (χ1v) is 17.8. The Hall–Kier alpha value is -4.13. The van der Waals surface area contributed by atoms with Crippen LogP contribution in [0.4, 0.5) is 5.69 Å². The van der Waals surface area contributed by atoms with E-state index in [2.05, 4.69) is 44.3 Å². The van der Waals surface area contributed by atoms with Crippen molar-refractivity contribution in [3.8, 4) is 11.5 Å². The number of rotatable bonds is 14. The maximum atomic E-state index is 13.8. The van der Waals surface area contributed by atoms with Gasteiger partial charge in [-0.25, -0.2) is 0 Å². The number of aryl methyl sites for hydroxylation is 1. The number of anilines is 1. The second-order valence-electron chi connectivity index (χ2n) is 14.6. The van der Waals surface area contributed by atoms with Gasteiger partial charge in [0.15, 0.2) is 0 Å². The van der Waals surface area contributed by atoms with Crippen LogP contribution in [0.1, 0.15) is 126 Å². The Kier molecular flexibility index (Phi) is 12.0. The Morgan fingerprint density at radius 3 is 2.21 bits per heavy atom. The minimum atomic E-state index is -1.00. The fraction of sp³-hybridized carbons (Fsp3) is 0.488. The second kappa shape index (κ2) is 16.3. The van der Waals surface area contributed by atoms with Gasteiger partial charge in [0.1, 0.15) is 17.6 Å². The summed E-state index contributed by atoms with van der Waals surface area (Å²) in [7, 11) is 0. The standard InChI is InChI=1S/C41H51NO6/c1-41(2,3)34-23-21-29(20-22-30(47-40(46)25-24-39(44)45)15-11-14-28-12-5-4-6-13-28)26-35(34)42-38(43)27-33-31-16-7-9-18-36(31)48-37-19-10-8-17-32(33)37/h7-10,16-19,21,23,26,28,30,33H,4-6,11-15,20,22,24-25,27H2,1-3H3,(H,42,43)(H,44,45)/t30-/m1/s1. The Bertz CT molecular complexity index is 1520. The number of benzene rings is 3. The highest BCUT2D eigenvalue weighted by molar-refractivity contribution is 5.93. The van der Waals surface area contributed by atoms with E-state index in [-0.39, 0.29) is 42.6 Å². The van der Waals surface area contributed by atoms with Crippen molar-refractivity contribution in [3.63, 3.8) is 0 Å². The number of carbonyl (C=O) groups excluding carboxylic acids is 2. The summed E-state index contributed by atoms with van der Waals surface area (Å²) in [6.45, 7) is 6.42. The Balaban J connectivity index is 1.28. The molecule has 0 unspecified atom stereocenters. The topological polar surface area (TPSA) is 102 Å². The zero-order chi connectivity index (χ0) is 34.1. The number of aliphatic carboxylic acids is 1. The predicted molar refractivity (Wildman–Crippen MR) is 189 cm³/mol. The molecule has 3 aromatic carbocycles.